The summed E-state index contributed by atoms with van der Waals surface area (Å²) in [7, 11) is 1.84. The second-order valence-electron chi connectivity index (χ2n) is 6.73. The van der Waals surface area contributed by atoms with Crippen LogP contribution in [0.15, 0.2) is 48.8 Å². The normalized spacial score (nSPS) is 12.4. The minimum absolute atomic E-state index is 0.0163. The highest BCUT2D eigenvalue weighted by Gasteiger charge is 2.19. The molecule has 2 rings (SSSR count). The van der Waals surface area contributed by atoms with Gasteiger partial charge in [-0.3, -0.25) is 14.7 Å². The SMILES string of the molecule is CCN(Cc1ccc(C(=O)N(C)C(C)c2cccnc2)cc1)C(C)C. The quantitative estimate of drug-likeness (QED) is 0.760. The van der Waals surface area contributed by atoms with Crippen molar-refractivity contribution >= 4 is 5.91 Å². The molecule has 0 N–H and O–H groups in total. The summed E-state index contributed by atoms with van der Waals surface area (Å²) in [5.74, 6) is 0.0270. The second kappa shape index (κ2) is 8.77. The zero-order chi connectivity index (χ0) is 18.4. The van der Waals surface area contributed by atoms with Gasteiger partial charge >= 0.3 is 0 Å². The first-order valence-corrected chi connectivity index (χ1v) is 8.94. The topological polar surface area (TPSA) is 36.4 Å². The number of aromatic nitrogens is 1. The Morgan fingerprint density at radius 1 is 1.12 bits per heavy atom. The molecule has 1 atom stereocenters. The molecule has 2 aromatic rings. The first-order chi connectivity index (χ1) is 11.9. The number of carbonyl (C=O) groups is 1. The van der Waals surface area contributed by atoms with Crippen molar-refractivity contribution in [3.8, 4) is 0 Å². The summed E-state index contributed by atoms with van der Waals surface area (Å²) in [6.07, 6.45) is 3.55. The molecule has 0 aliphatic carbocycles. The van der Waals surface area contributed by atoms with E-state index in [1.807, 2.05) is 44.4 Å². The summed E-state index contributed by atoms with van der Waals surface area (Å²) in [4.78, 5) is 21.1. The maximum Gasteiger partial charge on any atom is 0.254 e. The highest BCUT2D eigenvalue weighted by Crippen LogP contribution is 2.20. The summed E-state index contributed by atoms with van der Waals surface area (Å²) in [6.45, 7) is 10.5. The summed E-state index contributed by atoms with van der Waals surface area (Å²) >= 11 is 0. The fourth-order valence-corrected chi connectivity index (χ4v) is 2.87. The zero-order valence-corrected chi connectivity index (χ0v) is 15.9. The summed E-state index contributed by atoms with van der Waals surface area (Å²) in [6, 6.07) is 12.4. The molecule has 0 aliphatic rings. The number of rotatable bonds is 7. The zero-order valence-electron chi connectivity index (χ0n) is 15.9. The van der Waals surface area contributed by atoms with Crippen molar-refractivity contribution in [2.75, 3.05) is 13.6 Å². The highest BCUT2D eigenvalue weighted by molar-refractivity contribution is 5.94. The molecule has 1 heterocycles. The molecule has 4 nitrogen and oxygen atoms in total. The number of pyridine rings is 1. The van der Waals surface area contributed by atoms with E-state index in [4.69, 9.17) is 0 Å². The van der Waals surface area contributed by atoms with Gasteiger partial charge in [0.2, 0.25) is 0 Å². The van der Waals surface area contributed by atoms with Gasteiger partial charge in [-0.15, -0.1) is 0 Å². The van der Waals surface area contributed by atoms with Gasteiger partial charge in [-0.05, 0) is 56.6 Å². The number of nitrogens with zero attached hydrogens (tertiary/aromatic N) is 3. The Labute approximate surface area is 151 Å². The Hall–Kier alpha value is -2.20. The predicted molar refractivity (Wildman–Crippen MR) is 102 cm³/mol. The van der Waals surface area contributed by atoms with Crippen LogP contribution in [0.3, 0.4) is 0 Å². The van der Waals surface area contributed by atoms with Crippen LogP contribution in [-0.4, -0.2) is 40.3 Å². The number of amides is 1. The van der Waals surface area contributed by atoms with E-state index in [-0.39, 0.29) is 11.9 Å². The summed E-state index contributed by atoms with van der Waals surface area (Å²) in [5.41, 5.74) is 2.98. The van der Waals surface area contributed by atoms with Crippen molar-refractivity contribution < 1.29 is 4.79 Å². The van der Waals surface area contributed by atoms with Gasteiger partial charge in [0.05, 0.1) is 6.04 Å². The van der Waals surface area contributed by atoms with Crippen LogP contribution < -0.4 is 0 Å². The maximum absolute atomic E-state index is 12.8. The third-order valence-corrected chi connectivity index (χ3v) is 4.79. The Bertz CT molecular complexity index is 667. The molecule has 1 aromatic heterocycles. The van der Waals surface area contributed by atoms with Gasteiger partial charge in [-0.25, -0.2) is 0 Å². The molecular formula is C21H29N3O. The average molecular weight is 339 g/mol. The van der Waals surface area contributed by atoms with E-state index in [9.17, 15) is 4.79 Å². The molecule has 0 saturated carbocycles. The van der Waals surface area contributed by atoms with Gasteiger partial charge in [-0.1, -0.05) is 25.1 Å². The molecule has 134 valence electrons. The molecule has 4 heteroatoms. The smallest absolute Gasteiger partial charge is 0.254 e. The minimum atomic E-state index is -0.0163. The number of carbonyl (C=O) groups excluding carboxylic acids is 1. The van der Waals surface area contributed by atoms with E-state index < -0.39 is 0 Å². The largest absolute Gasteiger partial charge is 0.335 e. The van der Waals surface area contributed by atoms with Crippen molar-refractivity contribution in [2.45, 2.75) is 46.3 Å². The third-order valence-electron chi connectivity index (χ3n) is 4.79. The number of hydrogen-bond donors (Lipinski definition) is 0. The van der Waals surface area contributed by atoms with Crippen LogP contribution in [0.25, 0.3) is 0 Å². The molecule has 0 aliphatic heterocycles. The lowest BCUT2D eigenvalue weighted by Gasteiger charge is -2.26. The van der Waals surface area contributed by atoms with Crippen molar-refractivity contribution in [3.05, 3.63) is 65.5 Å². The Morgan fingerprint density at radius 3 is 2.32 bits per heavy atom. The fourth-order valence-electron chi connectivity index (χ4n) is 2.87. The van der Waals surface area contributed by atoms with Crippen LogP contribution in [0.5, 0.6) is 0 Å². The highest BCUT2D eigenvalue weighted by atomic mass is 16.2. The van der Waals surface area contributed by atoms with Crippen molar-refractivity contribution in [1.82, 2.24) is 14.8 Å². The lowest BCUT2D eigenvalue weighted by Crippen LogP contribution is -2.30. The van der Waals surface area contributed by atoms with Crippen molar-refractivity contribution in [3.63, 3.8) is 0 Å². The van der Waals surface area contributed by atoms with Crippen molar-refractivity contribution in [1.29, 1.82) is 0 Å². The molecule has 0 radical (unpaired) electrons. The molecule has 0 spiro atoms. The van der Waals surface area contributed by atoms with Gasteiger partial charge in [0.15, 0.2) is 0 Å². The molecule has 1 amide bonds. The molecule has 0 saturated heterocycles. The van der Waals surface area contributed by atoms with Gasteiger partial charge in [0, 0.05) is 37.6 Å². The summed E-state index contributed by atoms with van der Waals surface area (Å²) < 4.78 is 0. The predicted octanol–water partition coefficient (Wildman–Crippen LogP) is 4.15. The Morgan fingerprint density at radius 2 is 1.80 bits per heavy atom. The fraction of sp³-hybridized carbons (Fsp3) is 0.429. The van der Waals surface area contributed by atoms with E-state index in [1.54, 1.807) is 11.1 Å². The standard InChI is InChI=1S/C21H29N3O/c1-6-24(16(2)3)15-18-9-11-19(12-10-18)21(25)23(5)17(4)20-8-7-13-22-14-20/h7-14,16-17H,6,15H2,1-5H3. The lowest BCUT2D eigenvalue weighted by molar-refractivity contribution is 0.0742. The van der Waals surface area contributed by atoms with Gasteiger partial charge < -0.3 is 4.90 Å². The van der Waals surface area contributed by atoms with Gasteiger partial charge in [0.25, 0.3) is 5.91 Å². The minimum Gasteiger partial charge on any atom is -0.335 e. The summed E-state index contributed by atoms with van der Waals surface area (Å²) in [5, 5.41) is 0. The van der Waals surface area contributed by atoms with Crippen LogP contribution in [-0.2, 0) is 6.54 Å². The van der Waals surface area contributed by atoms with Crippen LogP contribution >= 0.6 is 0 Å². The first-order valence-electron chi connectivity index (χ1n) is 8.94. The molecule has 0 fully saturated rings. The van der Waals surface area contributed by atoms with Crippen molar-refractivity contribution in [2.24, 2.45) is 0 Å². The molecule has 1 aromatic carbocycles. The monoisotopic (exact) mass is 339 g/mol. The Kier molecular flexibility index (Phi) is 6.71. The average Bonchev–Trinajstić information content (AvgIpc) is 2.65. The number of benzene rings is 1. The van der Waals surface area contributed by atoms with E-state index in [0.29, 0.717) is 6.04 Å². The van der Waals surface area contributed by atoms with Gasteiger partial charge in [-0.2, -0.15) is 0 Å². The van der Waals surface area contributed by atoms with Crippen LogP contribution in [0.2, 0.25) is 0 Å². The molecular weight excluding hydrogens is 310 g/mol. The van der Waals surface area contributed by atoms with Crippen LogP contribution in [0, 0.1) is 0 Å². The maximum atomic E-state index is 12.8. The molecule has 25 heavy (non-hydrogen) atoms. The van der Waals surface area contributed by atoms with Crippen LogP contribution in [0.4, 0.5) is 0 Å². The first kappa shape index (κ1) is 19.1. The lowest BCUT2D eigenvalue weighted by atomic mass is 10.1. The third kappa shape index (κ3) is 4.89. The van der Waals surface area contributed by atoms with E-state index in [1.165, 1.54) is 5.56 Å². The van der Waals surface area contributed by atoms with Crippen LogP contribution in [0.1, 0.15) is 55.2 Å². The van der Waals surface area contributed by atoms with E-state index in [0.717, 1.165) is 24.2 Å². The van der Waals surface area contributed by atoms with E-state index in [2.05, 4.69) is 42.8 Å². The molecule has 0 bridgehead atoms. The second-order valence-corrected chi connectivity index (χ2v) is 6.73. The van der Waals surface area contributed by atoms with E-state index >= 15 is 0 Å². The number of hydrogen-bond acceptors (Lipinski definition) is 3. The Balaban J connectivity index is 2.07. The van der Waals surface area contributed by atoms with Gasteiger partial charge in [0.1, 0.15) is 0 Å². The molecule has 1 unspecified atom stereocenters.